The number of nitrogens with zero attached hydrogens (tertiary/aromatic N) is 1. The molecule has 1 heterocycles. The molecule has 0 spiro atoms. The van der Waals surface area contributed by atoms with Crippen molar-refractivity contribution in [2.45, 2.75) is 33.2 Å². The van der Waals surface area contributed by atoms with Gasteiger partial charge in [0.05, 0.1) is 12.7 Å². The lowest BCUT2D eigenvalue weighted by Gasteiger charge is -2.13. The molecular weight excluding hydrogens is 374 g/mol. The molecule has 2 N–H and O–H groups in total. The van der Waals surface area contributed by atoms with Gasteiger partial charge in [-0.1, -0.05) is 31.5 Å². The molecule has 1 aromatic heterocycles. The van der Waals surface area contributed by atoms with Crippen LogP contribution in [-0.2, 0) is 13.0 Å². The van der Waals surface area contributed by atoms with Crippen molar-refractivity contribution in [3.05, 3.63) is 76.6 Å². The summed E-state index contributed by atoms with van der Waals surface area (Å²) in [6.45, 7) is 4.19. The number of hydrogen-bond acceptors (Lipinski definition) is 2. The third kappa shape index (κ3) is 4.01. The summed E-state index contributed by atoms with van der Waals surface area (Å²) in [5.41, 5.74) is 10.1. The molecule has 0 aliphatic rings. The summed E-state index contributed by atoms with van der Waals surface area (Å²) < 4.78 is 34.2. The Balaban J connectivity index is 2.19. The van der Waals surface area contributed by atoms with Crippen molar-refractivity contribution in [2.24, 2.45) is 5.73 Å². The number of carbonyl (C=O) groups is 1. The minimum Gasteiger partial charge on any atom is -0.497 e. The average molecular weight is 398 g/mol. The van der Waals surface area contributed by atoms with Crippen molar-refractivity contribution in [1.29, 1.82) is 0 Å². The van der Waals surface area contributed by atoms with E-state index in [1.165, 1.54) is 6.07 Å². The lowest BCUT2D eigenvalue weighted by Crippen LogP contribution is -2.13. The first kappa shape index (κ1) is 20.6. The van der Waals surface area contributed by atoms with Crippen LogP contribution in [0.25, 0.3) is 11.1 Å². The third-order valence-corrected chi connectivity index (χ3v) is 5.07. The molecule has 6 heteroatoms. The van der Waals surface area contributed by atoms with E-state index in [1.54, 1.807) is 13.2 Å². The summed E-state index contributed by atoms with van der Waals surface area (Å²) in [5.74, 6) is -1.59. The molecule has 0 saturated heterocycles. The Morgan fingerprint density at radius 2 is 1.79 bits per heavy atom. The van der Waals surface area contributed by atoms with Crippen molar-refractivity contribution in [1.82, 2.24) is 4.57 Å². The van der Waals surface area contributed by atoms with Gasteiger partial charge in [-0.05, 0) is 48.7 Å². The molecule has 0 saturated carbocycles. The van der Waals surface area contributed by atoms with Crippen molar-refractivity contribution < 1.29 is 18.3 Å². The molecule has 0 aliphatic carbocycles. The number of amides is 1. The topological polar surface area (TPSA) is 57.2 Å². The highest BCUT2D eigenvalue weighted by Gasteiger charge is 2.24. The highest BCUT2D eigenvalue weighted by molar-refractivity contribution is 6.02. The van der Waals surface area contributed by atoms with Gasteiger partial charge >= 0.3 is 0 Å². The lowest BCUT2D eigenvalue weighted by molar-refractivity contribution is 0.1000. The largest absolute Gasteiger partial charge is 0.497 e. The summed E-state index contributed by atoms with van der Waals surface area (Å²) >= 11 is 0. The van der Waals surface area contributed by atoms with Crippen LogP contribution in [0, 0.1) is 18.6 Å². The predicted molar refractivity (Wildman–Crippen MR) is 109 cm³/mol. The lowest BCUT2D eigenvalue weighted by atomic mass is 9.98. The second-order valence-corrected chi connectivity index (χ2v) is 6.96. The second-order valence-electron chi connectivity index (χ2n) is 6.96. The molecule has 0 fully saturated rings. The molecule has 4 nitrogen and oxygen atoms in total. The Morgan fingerprint density at radius 1 is 1.10 bits per heavy atom. The van der Waals surface area contributed by atoms with Gasteiger partial charge < -0.3 is 15.0 Å². The second kappa shape index (κ2) is 8.47. The number of methoxy groups -OCH3 is 1. The van der Waals surface area contributed by atoms with Gasteiger partial charge in [0.1, 0.15) is 5.75 Å². The molecule has 0 bridgehead atoms. The van der Waals surface area contributed by atoms with Crippen LogP contribution in [0.5, 0.6) is 5.75 Å². The van der Waals surface area contributed by atoms with Crippen LogP contribution in [0.2, 0.25) is 0 Å². The summed E-state index contributed by atoms with van der Waals surface area (Å²) in [7, 11) is 1.59. The highest BCUT2D eigenvalue weighted by atomic mass is 19.2. The van der Waals surface area contributed by atoms with Crippen LogP contribution in [0.1, 0.15) is 40.7 Å². The Hall–Kier alpha value is -3.15. The number of hydrogen-bond donors (Lipinski definition) is 1. The van der Waals surface area contributed by atoms with Crippen LogP contribution in [0.15, 0.2) is 42.5 Å². The Labute approximate surface area is 168 Å². The minimum atomic E-state index is -0.894. The molecule has 152 valence electrons. The van der Waals surface area contributed by atoms with E-state index in [4.69, 9.17) is 10.5 Å². The zero-order valence-corrected chi connectivity index (χ0v) is 16.8. The van der Waals surface area contributed by atoms with E-state index in [9.17, 15) is 13.6 Å². The highest BCUT2D eigenvalue weighted by Crippen LogP contribution is 2.35. The summed E-state index contributed by atoms with van der Waals surface area (Å²) in [5, 5.41) is 0. The number of halogens is 2. The normalized spacial score (nSPS) is 10.9. The zero-order valence-electron chi connectivity index (χ0n) is 16.8. The third-order valence-electron chi connectivity index (χ3n) is 5.07. The maximum absolute atomic E-state index is 13.7. The van der Waals surface area contributed by atoms with Gasteiger partial charge in [0.25, 0.3) is 5.91 Å². The maximum atomic E-state index is 13.7. The van der Waals surface area contributed by atoms with Crippen LogP contribution in [-0.4, -0.2) is 17.6 Å². The monoisotopic (exact) mass is 398 g/mol. The fourth-order valence-electron chi connectivity index (χ4n) is 3.70. The molecule has 0 radical (unpaired) electrons. The number of rotatable bonds is 7. The SMILES string of the molecule is CCCc1c(-c2ccc(OC)cc2)c(C(N)=O)c(C)n1Cc1ccc(F)c(F)c1. The standard InChI is InChI=1S/C23H24F2N2O2/c1-4-5-20-22(16-7-9-17(29-3)10-8-16)21(23(26)28)14(2)27(20)13-15-6-11-18(24)19(25)12-15/h6-12H,4-5,13H2,1-3H3,(H2,26,28). The summed E-state index contributed by atoms with van der Waals surface area (Å²) in [6, 6.07) is 11.3. The summed E-state index contributed by atoms with van der Waals surface area (Å²) in [4.78, 5) is 12.3. The molecule has 3 rings (SSSR count). The number of ether oxygens (including phenoxy) is 1. The summed E-state index contributed by atoms with van der Waals surface area (Å²) in [6.07, 6.45) is 1.56. The first-order valence-corrected chi connectivity index (χ1v) is 9.47. The van der Waals surface area contributed by atoms with Gasteiger partial charge in [-0.15, -0.1) is 0 Å². The van der Waals surface area contributed by atoms with Gasteiger partial charge in [-0.2, -0.15) is 0 Å². The number of aromatic nitrogens is 1. The van der Waals surface area contributed by atoms with Gasteiger partial charge in [0.2, 0.25) is 0 Å². The fourth-order valence-corrected chi connectivity index (χ4v) is 3.70. The van der Waals surface area contributed by atoms with E-state index in [0.29, 0.717) is 35.5 Å². The maximum Gasteiger partial charge on any atom is 0.251 e. The average Bonchev–Trinajstić information content (AvgIpc) is 2.97. The Morgan fingerprint density at radius 3 is 2.34 bits per heavy atom. The molecule has 0 unspecified atom stereocenters. The van der Waals surface area contributed by atoms with Crippen LogP contribution >= 0.6 is 0 Å². The molecule has 1 amide bonds. The minimum absolute atomic E-state index is 0.314. The molecule has 0 atom stereocenters. The van der Waals surface area contributed by atoms with Crippen molar-refractivity contribution in [3.63, 3.8) is 0 Å². The molecular formula is C23H24F2N2O2. The molecule has 3 aromatic rings. The number of benzene rings is 2. The Kier molecular flexibility index (Phi) is 6.01. The number of primary amides is 1. The number of carbonyl (C=O) groups excluding carboxylic acids is 1. The molecule has 0 aliphatic heterocycles. The molecule has 29 heavy (non-hydrogen) atoms. The first-order chi connectivity index (χ1) is 13.9. The first-order valence-electron chi connectivity index (χ1n) is 9.47. The van der Waals surface area contributed by atoms with E-state index in [-0.39, 0.29) is 0 Å². The van der Waals surface area contributed by atoms with E-state index in [1.807, 2.05) is 42.7 Å². The molecule has 2 aromatic carbocycles. The zero-order chi connectivity index (χ0) is 21.1. The van der Waals surface area contributed by atoms with Gasteiger partial charge in [0.15, 0.2) is 11.6 Å². The van der Waals surface area contributed by atoms with E-state index in [2.05, 4.69) is 0 Å². The van der Waals surface area contributed by atoms with E-state index < -0.39 is 17.5 Å². The van der Waals surface area contributed by atoms with Crippen molar-refractivity contribution >= 4 is 5.91 Å². The van der Waals surface area contributed by atoms with Gasteiger partial charge in [0, 0.05) is 23.5 Å². The smallest absolute Gasteiger partial charge is 0.251 e. The van der Waals surface area contributed by atoms with Crippen LogP contribution in [0.3, 0.4) is 0 Å². The van der Waals surface area contributed by atoms with Crippen molar-refractivity contribution in [3.8, 4) is 16.9 Å². The Bertz CT molecular complexity index is 1040. The van der Waals surface area contributed by atoms with Gasteiger partial charge in [-0.3, -0.25) is 4.79 Å². The van der Waals surface area contributed by atoms with Crippen LogP contribution < -0.4 is 10.5 Å². The van der Waals surface area contributed by atoms with E-state index >= 15 is 0 Å². The quantitative estimate of drug-likeness (QED) is 0.619. The number of nitrogens with two attached hydrogens (primary N) is 1. The van der Waals surface area contributed by atoms with Crippen LogP contribution in [0.4, 0.5) is 8.78 Å². The van der Waals surface area contributed by atoms with Gasteiger partial charge in [-0.25, -0.2) is 8.78 Å². The van der Waals surface area contributed by atoms with Crippen molar-refractivity contribution in [2.75, 3.05) is 7.11 Å². The van der Waals surface area contributed by atoms with E-state index in [0.717, 1.165) is 29.3 Å². The predicted octanol–water partition coefficient (Wildman–Crippen LogP) is 4.85. The fraction of sp³-hybridized carbons (Fsp3) is 0.261.